The predicted molar refractivity (Wildman–Crippen MR) is 115 cm³/mol. The van der Waals surface area contributed by atoms with Gasteiger partial charge in [-0.1, -0.05) is 27.2 Å². The van der Waals surface area contributed by atoms with Gasteiger partial charge < -0.3 is 10.5 Å². The maximum absolute atomic E-state index is 13.6. The average molecular weight is 410 g/mol. The Kier molecular flexibility index (Phi) is 7.34. The second kappa shape index (κ2) is 9.14. The summed E-state index contributed by atoms with van der Waals surface area (Å²) in [7, 11) is 1.59. The number of aromatic nitrogens is 2. The van der Waals surface area contributed by atoms with Crippen LogP contribution in [0.3, 0.4) is 0 Å². The highest BCUT2D eigenvalue weighted by molar-refractivity contribution is 5.92. The van der Waals surface area contributed by atoms with Crippen molar-refractivity contribution in [2.45, 2.75) is 46.6 Å². The molecule has 1 fully saturated rings. The van der Waals surface area contributed by atoms with Crippen LogP contribution in [0.4, 0.5) is 0 Å². The molecule has 1 aliphatic rings. The first-order chi connectivity index (χ1) is 12.9. The number of methoxy groups -OCH3 is 1. The van der Waals surface area contributed by atoms with E-state index < -0.39 is 0 Å². The Labute approximate surface area is 172 Å². The number of hydrogen-bond donors (Lipinski definition) is 1. The fourth-order valence-corrected chi connectivity index (χ4v) is 4.57. The Bertz CT molecular complexity index is 887. The van der Waals surface area contributed by atoms with Crippen LogP contribution >= 0.6 is 12.4 Å². The Balaban J connectivity index is 0.00000280. The lowest BCUT2D eigenvalue weighted by Gasteiger charge is -2.36. The molecule has 2 aromatic rings. The number of carbonyl (C=O) groups is 1. The minimum Gasteiger partial charge on any atom is -0.497 e. The van der Waals surface area contributed by atoms with Crippen LogP contribution in [-0.4, -0.2) is 28.7 Å². The van der Waals surface area contributed by atoms with Crippen LogP contribution in [0.1, 0.15) is 44.8 Å². The number of ether oxygens (including phenoxy) is 1. The van der Waals surface area contributed by atoms with Gasteiger partial charge >= 0.3 is 5.69 Å². The molecule has 0 radical (unpaired) electrons. The van der Waals surface area contributed by atoms with Crippen molar-refractivity contribution in [2.75, 3.05) is 13.7 Å². The van der Waals surface area contributed by atoms with Crippen LogP contribution in [0.2, 0.25) is 0 Å². The highest BCUT2D eigenvalue weighted by atomic mass is 35.5. The molecule has 6 nitrogen and oxygen atoms in total. The number of nitrogens with two attached hydrogens (primary N) is 1. The number of carbonyl (C=O) groups excluding carboxylic acids is 1. The fourth-order valence-electron chi connectivity index (χ4n) is 4.57. The zero-order valence-electron chi connectivity index (χ0n) is 17.2. The first-order valence-electron chi connectivity index (χ1n) is 9.92. The summed E-state index contributed by atoms with van der Waals surface area (Å²) in [5.41, 5.74) is 6.75. The van der Waals surface area contributed by atoms with Crippen LogP contribution in [0, 0.1) is 23.7 Å². The quantitative estimate of drug-likeness (QED) is 0.819. The van der Waals surface area contributed by atoms with E-state index in [9.17, 15) is 9.59 Å². The number of nitrogens with zero attached hydrogens (tertiary/aromatic N) is 2. The summed E-state index contributed by atoms with van der Waals surface area (Å²) in [5.74, 6) is 1.69. The molecule has 7 heteroatoms. The van der Waals surface area contributed by atoms with Crippen molar-refractivity contribution < 1.29 is 9.53 Å². The van der Waals surface area contributed by atoms with E-state index in [0.717, 1.165) is 19.3 Å². The molecule has 1 aliphatic carbocycles. The first-order valence-corrected chi connectivity index (χ1v) is 9.92. The molecular weight excluding hydrogens is 378 g/mol. The lowest BCUT2D eigenvalue weighted by Crippen LogP contribution is -2.40. The van der Waals surface area contributed by atoms with Gasteiger partial charge in [-0.25, -0.2) is 9.36 Å². The Hall–Kier alpha value is -1.79. The topological polar surface area (TPSA) is 79.2 Å². The third-order valence-corrected chi connectivity index (χ3v) is 6.05. The van der Waals surface area contributed by atoms with Crippen molar-refractivity contribution in [3.05, 3.63) is 28.7 Å². The number of hydrogen-bond acceptors (Lipinski definition) is 4. The molecular formula is C21H32ClN3O3. The van der Waals surface area contributed by atoms with Gasteiger partial charge in [0.05, 0.1) is 18.1 Å². The van der Waals surface area contributed by atoms with Crippen molar-refractivity contribution in [3.8, 4) is 5.75 Å². The number of imidazole rings is 1. The van der Waals surface area contributed by atoms with E-state index in [4.69, 9.17) is 10.5 Å². The number of benzene rings is 1. The largest absolute Gasteiger partial charge is 0.497 e. The van der Waals surface area contributed by atoms with Gasteiger partial charge in [0, 0.05) is 25.1 Å². The van der Waals surface area contributed by atoms with Crippen LogP contribution in [0.5, 0.6) is 5.75 Å². The molecule has 0 saturated heterocycles. The second-order valence-corrected chi connectivity index (χ2v) is 8.18. The molecule has 0 amide bonds. The van der Waals surface area contributed by atoms with Crippen LogP contribution < -0.4 is 16.2 Å². The summed E-state index contributed by atoms with van der Waals surface area (Å²) in [5, 5.41) is 0. The SMILES string of the molecule is COc1ccc2c(c1)n(CCN)c(=O)n2C(=O)[C@H]1C[C@@H](C)CC[C@@H]1C(C)C.Cl. The molecule has 1 aromatic heterocycles. The Morgan fingerprint density at radius 3 is 2.61 bits per heavy atom. The molecule has 0 spiro atoms. The van der Waals surface area contributed by atoms with Gasteiger partial charge in [0.2, 0.25) is 5.91 Å². The zero-order valence-corrected chi connectivity index (χ0v) is 18.0. The third-order valence-electron chi connectivity index (χ3n) is 6.05. The van der Waals surface area contributed by atoms with E-state index in [2.05, 4.69) is 20.8 Å². The van der Waals surface area contributed by atoms with Crippen molar-refractivity contribution in [1.82, 2.24) is 9.13 Å². The average Bonchev–Trinajstić information content (AvgIpc) is 2.92. The predicted octanol–water partition coefficient (Wildman–Crippen LogP) is 3.54. The van der Waals surface area contributed by atoms with E-state index in [1.807, 2.05) is 0 Å². The Morgan fingerprint density at radius 2 is 2.00 bits per heavy atom. The van der Waals surface area contributed by atoms with Crippen molar-refractivity contribution in [1.29, 1.82) is 0 Å². The summed E-state index contributed by atoms with van der Waals surface area (Å²) in [4.78, 5) is 26.7. The molecule has 0 aliphatic heterocycles. The number of rotatable bonds is 5. The number of fused-ring (bicyclic) bond motifs is 1. The van der Waals surface area contributed by atoms with E-state index in [1.165, 1.54) is 4.57 Å². The van der Waals surface area contributed by atoms with E-state index in [1.54, 1.807) is 29.9 Å². The molecule has 0 unspecified atom stereocenters. The van der Waals surface area contributed by atoms with Gasteiger partial charge in [0.15, 0.2) is 0 Å². The highest BCUT2D eigenvalue weighted by Crippen LogP contribution is 2.39. The van der Waals surface area contributed by atoms with Crippen LogP contribution in [0.25, 0.3) is 11.0 Å². The molecule has 0 bridgehead atoms. The first kappa shape index (κ1) is 22.5. The summed E-state index contributed by atoms with van der Waals surface area (Å²) < 4.78 is 8.27. The molecule has 3 atom stereocenters. The normalized spacial score (nSPS) is 22.3. The molecule has 3 rings (SSSR count). The smallest absolute Gasteiger partial charge is 0.336 e. The monoisotopic (exact) mass is 409 g/mol. The summed E-state index contributed by atoms with van der Waals surface area (Å²) in [6.07, 6.45) is 3.03. The standard InChI is InChI=1S/C21H31N3O3.ClH/c1-13(2)16-7-5-14(3)11-17(16)20(25)24-18-8-6-15(27-4)12-19(18)23(10-9-22)21(24)26;/h6,8,12-14,16-17H,5,7,9-11,22H2,1-4H3;1H/t14-,16+,17-;/m0./s1. The van der Waals surface area contributed by atoms with Crippen LogP contribution in [0.15, 0.2) is 23.0 Å². The molecule has 156 valence electrons. The van der Waals surface area contributed by atoms with E-state index in [-0.39, 0.29) is 29.9 Å². The molecule has 1 heterocycles. The highest BCUT2D eigenvalue weighted by Gasteiger charge is 2.37. The maximum atomic E-state index is 13.6. The van der Waals surface area contributed by atoms with Gasteiger partial charge in [-0.3, -0.25) is 9.36 Å². The second-order valence-electron chi connectivity index (χ2n) is 8.18. The summed E-state index contributed by atoms with van der Waals surface area (Å²) in [6, 6.07) is 5.40. The van der Waals surface area contributed by atoms with Crippen molar-refractivity contribution >= 4 is 29.3 Å². The minimum atomic E-state index is -0.297. The maximum Gasteiger partial charge on any atom is 0.336 e. The van der Waals surface area contributed by atoms with Gasteiger partial charge in [-0.2, -0.15) is 0 Å². The number of halogens is 1. The van der Waals surface area contributed by atoms with Crippen molar-refractivity contribution in [3.63, 3.8) is 0 Å². The van der Waals surface area contributed by atoms with Crippen molar-refractivity contribution in [2.24, 2.45) is 29.4 Å². The minimum absolute atomic E-state index is 0. The van der Waals surface area contributed by atoms with Crippen LogP contribution in [-0.2, 0) is 6.54 Å². The van der Waals surface area contributed by atoms with Gasteiger partial charge in [-0.15, -0.1) is 12.4 Å². The summed E-state index contributed by atoms with van der Waals surface area (Å²) in [6.45, 7) is 7.25. The molecule has 28 heavy (non-hydrogen) atoms. The molecule has 1 saturated carbocycles. The molecule has 2 N–H and O–H groups in total. The summed E-state index contributed by atoms with van der Waals surface area (Å²) >= 11 is 0. The van der Waals surface area contributed by atoms with E-state index in [0.29, 0.717) is 47.6 Å². The van der Waals surface area contributed by atoms with Gasteiger partial charge in [0.1, 0.15) is 5.75 Å². The zero-order chi connectivity index (χ0) is 19.7. The fraction of sp³-hybridized carbons (Fsp3) is 0.619. The Morgan fingerprint density at radius 1 is 1.29 bits per heavy atom. The van der Waals surface area contributed by atoms with Gasteiger partial charge in [0.25, 0.3) is 0 Å². The lowest BCUT2D eigenvalue weighted by atomic mass is 9.69. The third kappa shape index (κ3) is 3.98. The lowest BCUT2D eigenvalue weighted by molar-refractivity contribution is 0.0633. The van der Waals surface area contributed by atoms with Gasteiger partial charge in [-0.05, 0) is 42.7 Å². The molecule has 1 aromatic carbocycles. The van der Waals surface area contributed by atoms with E-state index >= 15 is 0 Å².